The normalized spacial score (nSPS) is 32.8. The minimum absolute atomic E-state index is 0.431. The summed E-state index contributed by atoms with van der Waals surface area (Å²) in [6.45, 7) is 4.80. The average Bonchev–Trinajstić information content (AvgIpc) is 2.53. The molecule has 0 radical (unpaired) electrons. The zero-order chi connectivity index (χ0) is 9.95. The summed E-state index contributed by atoms with van der Waals surface area (Å²) in [5, 5.41) is 9.87. The van der Waals surface area contributed by atoms with Crippen molar-refractivity contribution >= 4 is 6.29 Å². The van der Waals surface area contributed by atoms with Gasteiger partial charge in [0.05, 0.1) is 17.6 Å². The van der Waals surface area contributed by atoms with Crippen molar-refractivity contribution in [3.8, 4) is 0 Å². The van der Waals surface area contributed by atoms with Gasteiger partial charge in [0.15, 0.2) is 0 Å². The lowest BCUT2D eigenvalue weighted by molar-refractivity contribution is -0.120. The molecule has 0 spiro atoms. The summed E-state index contributed by atoms with van der Waals surface area (Å²) in [7, 11) is 0. The molecule has 13 heavy (non-hydrogen) atoms. The number of hydrogen-bond donors (Lipinski definition) is 1. The first-order valence-corrected chi connectivity index (χ1v) is 4.80. The number of aldehydes is 1. The minimum Gasteiger partial charge on any atom is -0.390 e. The lowest BCUT2D eigenvalue weighted by Crippen LogP contribution is -2.35. The van der Waals surface area contributed by atoms with Gasteiger partial charge >= 0.3 is 0 Å². The second-order valence-corrected chi connectivity index (χ2v) is 4.31. The quantitative estimate of drug-likeness (QED) is 0.670. The number of carbonyl (C=O) groups is 1. The van der Waals surface area contributed by atoms with E-state index in [9.17, 15) is 9.90 Å². The molecule has 0 amide bonds. The first kappa shape index (κ1) is 10.7. The highest BCUT2D eigenvalue weighted by Gasteiger charge is 2.40. The van der Waals surface area contributed by atoms with Crippen molar-refractivity contribution in [2.24, 2.45) is 5.41 Å². The van der Waals surface area contributed by atoms with Crippen LogP contribution >= 0.6 is 0 Å². The van der Waals surface area contributed by atoms with E-state index < -0.39 is 11.0 Å². The SMILES string of the molecule is CCC(C)(O)CC1(C=O)CCOC1. The first-order valence-electron chi connectivity index (χ1n) is 4.80. The van der Waals surface area contributed by atoms with Gasteiger partial charge in [0.1, 0.15) is 6.29 Å². The number of ether oxygens (including phenoxy) is 1. The molecule has 0 aliphatic carbocycles. The largest absolute Gasteiger partial charge is 0.390 e. The van der Waals surface area contributed by atoms with Crippen molar-refractivity contribution in [1.82, 2.24) is 0 Å². The molecule has 1 aliphatic rings. The third-order valence-electron chi connectivity index (χ3n) is 2.88. The van der Waals surface area contributed by atoms with Crippen LogP contribution in [0.3, 0.4) is 0 Å². The summed E-state index contributed by atoms with van der Waals surface area (Å²) < 4.78 is 5.20. The summed E-state index contributed by atoms with van der Waals surface area (Å²) in [4.78, 5) is 10.9. The van der Waals surface area contributed by atoms with E-state index in [4.69, 9.17) is 4.74 Å². The Bertz CT molecular complexity index is 181. The summed E-state index contributed by atoms with van der Waals surface area (Å²) in [5.41, 5.74) is -1.17. The molecular formula is C10H18O3. The van der Waals surface area contributed by atoms with E-state index in [2.05, 4.69) is 0 Å². The van der Waals surface area contributed by atoms with Crippen molar-refractivity contribution in [2.45, 2.75) is 38.7 Å². The first-order chi connectivity index (χ1) is 6.04. The van der Waals surface area contributed by atoms with Gasteiger partial charge in [-0.05, 0) is 26.2 Å². The molecule has 1 rings (SSSR count). The van der Waals surface area contributed by atoms with Gasteiger partial charge in [0, 0.05) is 6.61 Å². The maximum absolute atomic E-state index is 10.9. The Labute approximate surface area is 79.1 Å². The molecule has 1 fully saturated rings. The molecular weight excluding hydrogens is 168 g/mol. The van der Waals surface area contributed by atoms with Gasteiger partial charge in [-0.3, -0.25) is 0 Å². The molecule has 3 nitrogen and oxygen atoms in total. The van der Waals surface area contributed by atoms with E-state index in [-0.39, 0.29) is 0 Å². The Hall–Kier alpha value is -0.410. The fraction of sp³-hybridized carbons (Fsp3) is 0.900. The Morgan fingerprint density at radius 1 is 1.69 bits per heavy atom. The monoisotopic (exact) mass is 186 g/mol. The zero-order valence-electron chi connectivity index (χ0n) is 8.38. The van der Waals surface area contributed by atoms with E-state index in [1.54, 1.807) is 6.92 Å². The lowest BCUT2D eigenvalue weighted by atomic mass is 9.77. The molecule has 3 heteroatoms. The molecule has 2 unspecified atom stereocenters. The smallest absolute Gasteiger partial charge is 0.128 e. The van der Waals surface area contributed by atoms with Gasteiger partial charge in [-0.1, -0.05) is 6.92 Å². The van der Waals surface area contributed by atoms with Crippen LogP contribution in [-0.2, 0) is 9.53 Å². The van der Waals surface area contributed by atoms with E-state index in [0.717, 1.165) is 12.7 Å². The van der Waals surface area contributed by atoms with Crippen molar-refractivity contribution in [3.63, 3.8) is 0 Å². The van der Waals surface area contributed by atoms with E-state index in [1.165, 1.54) is 0 Å². The number of aliphatic hydroxyl groups is 1. The molecule has 1 saturated heterocycles. The zero-order valence-corrected chi connectivity index (χ0v) is 8.38. The highest BCUT2D eigenvalue weighted by molar-refractivity contribution is 5.60. The second kappa shape index (κ2) is 3.76. The van der Waals surface area contributed by atoms with Crippen molar-refractivity contribution < 1.29 is 14.6 Å². The molecule has 76 valence electrons. The Kier molecular flexibility index (Phi) is 3.09. The number of hydrogen-bond acceptors (Lipinski definition) is 3. The van der Waals surface area contributed by atoms with Gasteiger partial charge in [0.2, 0.25) is 0 Å². The summed E-state index contributed by atoms with van der Waals surface area (Å²) in [5.74, 6) is 0. The van der Waals surface area contributed by atoms with Crippen LogP contribution in [0.25, 0.3) is 0 Å². The summed E-state index contributed by atoms with van der Waals surface area (Å²) in [6, 6.07) is 0. The third-order valence-corrected chi connectivity index (χ3v) is 2.88. The number of carbonyl (C=O) groups excluding carboxylic acids is 1. The molecule has 1 N–H and O–H groups in total. The van der Waals surface area contributed by atoms with Gasteiger partial charge in [-0.2, -0.15) is 0 Å². The van der Waals surface area contributed by atoms with Crippen LogP contribution in [0.1, 0.15) is 33.1 Å². The highest BCUT2D eigenvalue weighted by atomic mass is 16.5. The molecule has 1 aliphatic heterocycles. The van der Waals surface area contributed by atoms with Crippen LogP contribution in [0.2, 0.25) is 0 Å². The molecule has 0 bridgehead atoms. The van der Waals surface area contributed by atoms with E-state index in [1.807, 2.05) is 6.92 Å². The van der Waals surface area contributed by atoms with E-state index in [0.29, 0.717) is 26.1 Å². The highest BCUT2D eigenvalue weighted by Crippen LogP contribution is 2.35. The molecule has 2 atom stereocenters. The van der Waals surface area contributed by atoms with Crippen LogP contribution in [0.5, 0.6) is 0 Å². The van der Waals surface area contributed by atoms with Crippen LogP contribution < -0.4 is 0 Å². The Morgan fingerprint density at radius 2 is 2.38 bits per heavy atom. The topological polar surface area (TPSA) is 46.5 Å². The molecule has 0 aromatic rings. The fourth-order valence-electron chi connectivity index (χ4n) is 1.78. The minimum atomic E-state index is -0.741. The maximum atomic E-state index is 10.9. The van der Waals surface area contributed by atoms with Crippen LogP contribution in [0.4, 0.5) is 0 Å². The van der Waals surface area contributed by atoms with Crippen LogP contribution in [-0.4, -0.2) is 30.2 Å². The average molecular weight is 186 g/mol. The lowest BCUT2D eigenvalue weighted by Gasteiger charge is -2.30. The predicted octanol–water partition coefficient (Wildman–Crippen LogP) is 1.14. The molecule has 1 heterocycles. The molecule has 0 aromatic heterocycles. The van der Waals surface area contributed by atoms with Crippen molar-refractivity contribution in [1.29, 1.82) is 0 Å². The van der Waals surface area contributed by atoms with Crippen LogP contribution in [0, 0.1) is 5.41 Å². The van der Waals surface area contributed by atoms with Crippen molar-refractivity contribution in [2.75, 3.05) is 13.2 Å². The van der Waals surface area contributed by atoms with Gasteiger partial charge in [0.25, 0.3) is 0 Å². The molecule has 0 saturated carbocycles. The molecule has 0 aromatic carbocycles. The second-order valence-electron chi connectivity index (χ2n) is 4.31. The Morgan fingerprint density at radius 3 is 2.77 bits per heavy atom. The third kappa shape index (κ3) is 2.51. The predicted molar refractivity (Wildman–Crippen MR) is 49.5 cm³/mol. The van der Waals surface area contributed by atoms with Crippen molar-refractivity contribution in [3.05, 3.63) is 0 Å². The fourth-order valence-corrected chi connectivity index (χ4v) is 1.78. The van der Waals surface area contributed by atoms with E-state index >= 15 is 0 Å². The maximum Gasteiger partial charge on any atom is 0.128 e. The standard InChI is InChI=1S/C10H18O3/c1-3-9(2,12)6-10(7-11)4-5-13-8-10/h7,12H,3-6,8H2,1-2H3. The summed E-state index contributed by atoms with van der Waals surface area (Å²) in [6.07, 6.45) is 2.87. The summed E-state index contributed by atoms with van der Waals surface area (Å²) >= 11 is 0. The van der Waals surface area contributed by atoms with Gasteiger partial charge < -0.3 is 14.6 Å². The van der Waals surface area contributed by atoms with Gasteiger partial charge in [-0.25, -0.2) is 0 Å². The van der Waals surface area contributed by atoms with Gasteiger partial charge in [-0.15, -0.1) is 0 Å². The number of rotatable bonds is 4. The Balaban J connectivity index is 2.63. The van der Waals surface area contributed by atoms with Crippen LogP contribution in [0.15, 0.2) is 0 Å².